The summed E-state index contributed by atoms with van der Waals surface area (Å²) in [6.45, 7) is 3.85. The molecule has 0 radical (unpaired) electrons. The molecule has 0 aliphatic rings. The number of likely N-dealkylation sites (N-methyl/N-ethyl adjacent to an activating group) is 1. The fourth-order valence-electron chi connectivity index (χ4n) is 2.53. The standard InChI is InChI=1S/C21H29N3O2.2ClH/c1-16(20(22)18-7-5-4-6-8-18)21(25)23-15-17-9-11-19(12-10-17)26-14-13-24(2)3;;/h4-12,16,20H,13-15,22H2,1-3H3,(H,23,25);2*1H. The molecule has 0 bridgehead atoms. The Morgan fingerprint density at radius 2 is 1.68 bits per heavy atom. The van der Waals surface area contributed by atoms with E-state index in [1.54, 1.807) is 0 Å². The Morgan fingerprint density at radius 1 is 1.07 bits per heavy atom. The summed E-state index contributed by atoms with van der Waals surface area (Å²) in [6, 6.07) is 17.2. The van der Waals surface area contributed by atoms with Gasteiger partial charge in [0.2, 0.25) is 5.91 Å². The van der Waals surface area contributed by atoms with Crippen LogP contribution in [0.15, 0.2) is 54.6 Å². The third-order valence-electron chi connectivity index (χ3n) is 4.33. The molecule has 3 N–H and O–H groups in total. The molecular weight excluding hydrogens is 397 g/mol. The van der Waals surface area contributed by atoms with E-state index in [4.69, 9.17) is 10.5 Å². The van der Waals surface area contributed by atoms with E-state index >= 15 is 0 Å². The third kappa shape index (κ3) is 8.48. The van der Waals surface area contributed by atoms with Crippen molar-refractivity contribution in [2.45, 2.75) is 19.5 Å². The molecule has 0 aromatic heterocycles. The second kappa shape index (κ2) is 13.4. The number of hydrogen-bond donors (Lipinski definition) is 2. The highest BCUT2D eigenvalue weighted by atomic mass is 35.5. The quantitative estimate of drug-likeness (QED) is 0.642. The van der Waals surface area contributed by atoms with Crippen molar-refractivity contribution in [3.05, 3.63) is 65.7 Å². The third-order valence-corrected chi connectivity index (χ3v) is 4.33. The lowest BCUT2D eigenvalue weighted by Gasteiger charge is -2.20. The predicted octanol–water partition coefficient (Wildman–Crippen LogP) is 3.42. The van der Waals surface area contributed by atoms with E-state index in [1.807, 2.05) is 75.6 Å². The molecule has 0 aliphatic carbocycles. The Balaban J connectivity index is 0.00000364. The average Bonchev–Trinajstić information content (AvgIpc) is 2.66. The maximum Gasteiger partial charge on any atom is 0.225 e. The summed E-state index contributed by atoms with van der Waals surface area (Å²) in [5.41, 5.74) is 8.21. The Bertz CT molecular complexity index is 682. The minimum atomic E-state index is -0.316. The summed E-state index contributed by atoms with van der Waals surface area (Å²) < 4.78 is 5.67. The van der Waals surface area contributed by atoms with Crippen LogP contribution in [0.4, 0.5) is 0 Å². The molecule has 0 saturated heterocycles. The van der Waals surface area contributed by atoms with Crippen LogP contribution in [0.5, 0.6) is 5.75 Å². The number of benzene rings is 2. The monoisotopic (exact) mass is 427 g/mol. The van der Waals surface area contributed by atoms with Gasteiger partial charge < -0.3 is 20.7 Å². The minimum absolute atomic E-state index is 0. The molecule has 0 heterocycles. The number of nitrogens with zero attached hydrogens (tertiary/aromatic N) is 1. The van der Waals surface area contributed by atoms with E-state index in [9.17, 15) is 4.79 Å². The molecule has 2 unspecified atom stereocenters. The van der Waals surface area contributed by atoms with Crippen LogP contribution >= 0.6 is 24.8 Å². The number of hydrogen-bond acceptors (Lipinski definition) is 4. The van der Waals surface area contributed by atoms with Gasteiger partial charge in [0, 0.05) is 19.1 Å². The normalized spacial score (nSPS) is 12.3. The van der Waals surface area contributed by atoms with Crippen molar-refractivity contribution in [2.24, 2.45) is 11.7 Å². The van der Waals surface area contributed by atoms with E-state index in [1.165, 1.54) is 0 Å². The van der Waals surface area contributed by atoms with Gasteiger partial charge in [-0.05, 0) is 37.4 Å². The van der Waals surface area contributed by atoms with Gasteiger partial charge in [-0.1, -0.05) is 49.4 Å². The first-order valence-corrected chi connectivity index (χ1v) is 8.92. The Kier molecular flexibility index (Phi) is 12.5. The van der Waals surface area contributed by atoms with Crippen LogP contribution in [0.25, 0.3) is 0 Å². The van der Waals surface area contributed by atoms with Gasteiger partial charge in [-0.25, -0.2) is 0 Å². The first-order chi connectivity index (χ1) is 12.5. The van der Waals surface area contributed by atoms with Crippen LogP contribution in [-0.4, -0.2) is 38.1 Å². The molecule has 0 fully saturated rings. The maximum absolute atomic E-state index is 12.4. The average molecular weight is 428 g/mol. The summed E-state index contributed by atoms with van der Waals surface area (Å²) >= 11 is 0. The van der Waals surface area contributed by atoms with Gasteiger partial charge in [-0.15, -0.1) is 24.8 Å². The van der Waals surface area contributed by atoms with Gasteiger partial charge in [-0.2, -0.15) is 0 Å². The Morgan fingerprint density at radius 3 is 2.25 bits per heavy atom. The Hall–Kier alpha value is -1.79. The molecule has 0 aliphatic heterocycles. The van der Waals surface area contributed by atoms with Gasteiger partial charge in [0.1, 0.15) is 12.4 Å². The topological polar surface area (TPSA) is 67.6 Å². The lowest BCUT2D eigenvalue weighted by Crippen LogP contribution is -2.35. The van der Waals surface area contributed by atoms with Crippen molar-refractivity contribution in [1.82, 2.24) is 10.2 Å². The van der Waals surface area contributed by atoms with E-state index in [-0.39, 0.29) is 42.7 Å². The zero-order valence-corrected chi connectivity index (χ0v) is 18.3. The number of nitrogens with one attached hydrogen (secondary N) is 1. The molecule has 2 atom stereocenters. The van der Waals surface area contributed by atoms with Gasteiger partial charge in [-0.3, -0.25) is 4.79 Å². The molecule has 7 heteroatoms. The highest BCUT2D eigenvalue weighted by Gasteiger charge is 2.21. The SMILES string of the molecule is CC(C(=O)NCc1ccc(OCCN(C)C)cc1)C(N)c1ccccc1.Cl.Cl. The lowest BCUT2D eigenvalue weighted by molar-refractivity contribution is -0.125. The highest BCUT2D eigenvalue weighted by molar-refractivity contribution is 5.85. The summed E-state index contributed by atoms with van der Waals surface area (Å²) in [5, 5.41) is 2.96. The molecular formula is C21H31Cl2N3O2. The first-order valence-electron chi connectivity index (χ1n) is 8.92. The maximum atomic E-state index is 12.4. The van der Waals surface area contributed by atoms with Crippen LogP contribution in [0.1, 0.15) is 24.1 Å². The molecule has 1 amide bonds. The second-order valence-corrected chi connectivity index (χ2v) is 6.74. The summed E-state index contributed by atoms with van der Waals surface area (Å²) in [6.07, 6.45) is 0. The fourth-order valence-corrected chi connectivity index (χ4v) is 2.53. The van der Waals surface area contributed by atoms with Crippen LogP contribution in [-0.2, 0) is 11.3 Å². The zero-order chi connectivity index (χ0) is 18.9. The number of nitrogens with two attached hydrogens (primary N) is 1. The highest BCUT2D eigenvalue weighted by Crippen LogP contribution is 2.19. The molecule has 156 valence electrons. The van der Waals surface area contributed by atoms with Crippen molar-refractivity contribution in [3.8, 4) is 5.75 Å². The number of carbonyl (C=O) groups excluding carboxylic acids is 1. The van der Waals surface area contributed by atoms with Gasteiger partial charge >= 0.3 is 0 Å². The Labute approximate surface area is 180 Å². The van der Waals surface area contributed by atoms with Crippen molar-refractivity contribution < 1.29 is 9.53 Å². The number of amides is 1. The van der Waals surface area contributed by atoms with E-state index < -0.39 is 0 Å². The number of halogens is 2. The first kappa shape index (κ1) is 26.2. The summed E-state index contributed by atoms with van der Waals surface area (Å²) in [7, 11) is 4.03. The molecule has 0 spiro atoms. The summed E-state index contributed by atoms with van der Waals surface area (Å²) in [5.74, 6) is 0.486. The number of ether oxygens (including phenoxy) is 1. The zero-order valence-electron chi connectivity index (χ0n) is 16.6. The largest absolute Gasteiger partial charge is 0.492 e. The molecule has 2 aromatic carbocycles. The fraction of sp³-hybridized carbons (Fsp3) is 0.381. The van der Waals surface area contributed by atoms with E-state index in [0.717, 1.165) is 23.4 Å². The van der Waals surface area contributed by atoms with Crippen molar-refractivity contribution in [3.63, 3.8) is 0 Å². The van der Waals surface area contributed by atoms with Gasteiger partial charge in [0.15, 0.2) is 0 Å². The van der Waals surface area contributed by atoms with Crippen LogP contribution in [0.2, 0.25) is 0 Å². The molecule has 28 heavy (non-hydrogen) atoms. The smallest absolute Gasteiger partial charge is 0.225 e. The minimum Gasteiger partial charge on any atom is -0.492 e. The van der Waals surface area contributed by atoms with Crippen molar-refractivity contribution in [2.75, 3.05) is 27.2 Å². The van der Waals surface area contributed by atoms with Gasteiger partial charge in [0.25, 0.3) is 0 Å². The molecule has 0 saturated carbocycles. The molecule has 2 rings (SSSR count). The lowest BCUT2D eigenvalue weighted by atomic mass is 9.94. The van der Waals surface area contributed by atoms with Gasteiger partial charge in [0.05, 0.1) is 5.92 Å². The molecule has 2 aromatic rings. The number of carbonyl (C=O) groups is 1. The van der Waals surface area contributed by atoms with E-state index in [0.29, 0.717) is 13.2 Å². The van der Waals surface area contributed by atoms with Crippen LogP contribution in [0.3, 0.4) is 0 Å². The molecule has 5 nitrogen and oxygen atoms in total. The summed E-state index contributed by atoms with van der Waals surface area (Å²) in [4.78, 5) is 14.5. The predicted molar refractivity (Wildman–Crippen MR) is 119 cm³/mol. The van der Waals surface area contributed by atoms with Crippen LogP contribution in [0, 0.1) is 5.92 Å². The number of rotatable bonds is 9. The van der Waals surface area contributed by atoms with Crippen molar-refractivity contribution >= 4 is 30.7 Å². The van der Waals surface area contributed by atoms with Crippen LogP contribution < -0.4 is 15.8 Å². The second-order valence-electron chi connectivity index (χ2n) is 6.74. The van der Waals surface area contributed by atoms with Crippen molar-refractivity contribution in [1.29, 1.82) is 0 Å². The van der Waals surface area contributed by atoms with E-state index in [2.05, 4.69) is 10.2 Å².